The van der Waals surface area contributed by atoms with Crippen LogP contribution in [0.1, 0.15) is 19.8 Å². The number of ether oxygens (including phenoxy) is 1. The van der Waals surface area contributed by atoms with Gasteiger partial charge in [-0.3, -0.25) is 0 Å². The van der Waals surface area contributed by atoms with Gasteiger partial charge in [-0.25, -0.2) is 4.79 Å². The third-order valence-corrected chi connectivity index (χ3v) is 3.18. The second-order valence-corrected chi connectivity index (χ2v) is 4.65. The summed E-state index contributed by atoms with van der Waals surface area (Å²) in [4.78, 5) is 13.6. The molecule has 4 nitrogen and oxygen atoms in total. The van der Waals surface area contributed by atoms with Crippen molar-refractivity contribution < 1.29 is 9.53 Å². The van der Waals surface area contributed by atoms with Crippen LogP contribution in [0.15, 0.2) is 0 Å². The lowest BCUT2D eigenvalue weighted by molar-refractivity contribution is 0.0592. The van der Waals surface area contributed by atoms with Crippen LogP contribution < -0.4 is 5.32 Å². The van der Waals surface area contributed by atoms with Gasteiger partial charge < -0.3 is 15.0 Å². The van der Waals surface area contributed by atoms with Crippen LogP contribution in [-0.4, -0.2) is 43.8 Å². The first-order valence-corrected chi connectivity index (χ1v) is 5.92. The van der Waals surface area contributed by atoms with Crippen LogP contribution in [0.5, 0.6) is 0 Å². The minimum absolute atomic E-state index is 0.117. The smallest absolute Gasteiger partial charge is 0.409 e. The summed E-state index contributed by atoms with van der Waals surface area (Å²) in [6.07, 6.45) is 2.05. The molecule has 0 aliphatic carbocycles. The molecule has 1 amide bonds. The van der Waals surface area contributed by atoms with E-state index in [2.05, 4.69) is 5.32 Å². The summed E-state index contributed by atoms with van der Waals surface area (Å²) in [6.45, 7) is 6.39. The average molecular weight is 212 g/mol. The van der Waals surface area contributed by atoms with E-state index in [1.54, 1.807) is 0 Å². The van der Waals surface area contributed by atoms with Crippen LogP contribution in [-0.2, 0) is 4.74 Å². The van der Waals surface area contributed by atoms with Crippen molar-refractivity contribution in [3.05, 3.63) is 0 Å². The molecule has 2 rings (SSSR count). The molecule has 2 bridgehead atoms. The van der Waals surface area contributed by atoms with Gasteiger partial charge in [0.2, 0.25) is 0 Å². The molecule has 86 valence electrons. The van der Waals surface area contributed by atoms with Crippen LogP contribution >= 0.6 is 0 Å². The molecule has 1 N–H and O–H groups in total. The number of carbonyl (C=O) groups excluding carboxylic acids is 1. The highest BCUT2D eigenvalue weighted by Gasteiger charge is 2.33. The Bertz CT molecular complexity index is 221. The van der Waals surface area contributed by atoms with E-state index in [1.165, 1.54) is 6.42 Å². The first-order chi connectivity index (χ1) is 7.29. The number of fused-ring (bicyclic) bond motifs is 2. The summed E-state index contributed by atoms with van der Waals surface area (Å²) in [5, 5.41) is 3.41. The average Bonchev–Trinajstić information content (AvgIpc) is 2.25. The van der Waals surface area contributed by atoms with Gasteiger partial charge in [0.1, 0.15) is 0 Å². The number of nitrogens with one attached hydrogen (secondary N) is 1. The summed E-state index contributed by atoms with van der Waals surface area (Å²) in [5.74, 6) is 1.26. The predicted octanol–water partition coefficient (Wildman–Crippen LogP) is 1.07. The van der Waals surface area contributed by atoms with E-state index in [-0.39, 0.29) is 6.09 Å². The van der Waals surface area contributed by atoms with Crippen molar-refractivity contribution >= 4 is 6.09 Å². The fourth-order valence-electron chi connectivity index (χ4n) is 2.54. The summed E-state index contributed by atoms with van der Waals surface area (Å²) in [5.41, 5.74) is 0. The van der Waals surface area contributed by atoms with Gasteiger partial charge in [0, 0.05) is 13.1 Å². The number of likely N-dealkylation sites (tertiary alicyclic amines) is 1. The lowest BCUT2D eigenvalue weighted by Crippen LogP contribution is -2.52. The second kappa shape index (κ2) is 4.84. The lowest BCUT2D eigenvalue weighted by Gasteiger charge is -2.41. The molecule has 0 radical (unpaired) electrons. The Morgan fingerprint density at radius 2 is 2.07 bits per heavy atom. The molecule has 4 heteroatoms. The Balaban J connectivity index is 1.85. The molecule has 2 heterocycles. The van der Waals surface area contributed by atoms with Gasteiger partial charge in [0.15, 0.2) is 0 Å². The zero-order chi connectivity index (χ0) is 10.7. The molecule has 2 aliphatic heterocycles. The molecule has 0 saturated carbocycles. The lowest BCUT2D eigenvalue weighted by atomic mass is 9.86. The molecule has 2 saturated heterocycles. The molecule has 0 aromatic heterocycles. The van der Waals surface area contributed by atoms with E-state index in [9.17, 15) is 4.79 Å². The zero-order valence-electron chi connectivity index (χ0n) is 9.37. The highest BCUT2D eigenvalue weighted by molar-refractivity contribution is 5.67. The highest BCUT2D eigenvalue weighted by Crippen LogP contribution is 2.24. The van der Waals surface area contributed by atoms with Crippen molar-refractivity contribution in [3.8, 4) is 0 Å². The van der Waals surface area contributed by atoms with Gasteiger partial charge in [-0.2, -0.15) is 0 Å². The molecule has 2 atom stereocenters. The molecule has 0 aromatic carbocycles. The Morgan fingerprint density at radius 1 is 1.40 bits per heavy atom. The van der Waals surface area contributed by atoms with E-state index < -0.39 is 0 Å². The molecule has 15 heavy (non-hydrogen) atoms. The number of amides is 1. The Hall–Kier alpha value is -0.770. The van der Waals surface area contributed by atoms with Gasteiger partial charge in [0.05, 0.1) is 6.61 Å². The molecule has 2 fully saturated rings. The third-order valence-electron chi connectivity index (χ3n) is 3.18. The van der Waals surface area contributed by atoms with Gasteiger partial charge in [-0.15, -0.1) is 0 Å². The minimum atomic E-state index is -0.117. The highest BCUT2D eigenvalue weighted by atomic mass is 16.6. The summed E-state index contributed by atoms with van der Waals surface area (Å²) in [6, 6.07) is 0. The maximum atomic E-state index is 11.7. The van der Waals surface area contributed by atoms with Crippen molar-refractivity contribution in [3.63, 3.8) is 0 Å². The number of nitrogens with zero attached hydrogens (tertiary/aromatic N) is 1. The number of rotatable bonds is 2. The van der Waals surface area contributed by atoms with Gasteiger partial charge in [0.25, 0.3) is 0 Å². The monoisotopic (exact) mass is 212 g/mol. The van der Waals surface area contributed by atoms with E-state index in [0.29, 0.717) is 18.4 Å². The second-order valence-electron chi connectivity index (χ2n) is 4.65. The Morgan fingerprint density at radius 3 is 2.67 bits per heavy atom. The normalized spacial score (nSPS) is 30.1. The SMILES string of the molecule is CCCOC(=O)N1C[C@@H]2CNC[C@@H](C2)C1. The number of carbonyl (C=O) groups is 1. The first-order valence-electron chi connectivity index (χ1n) is 5.92. The van der Waals surface area contributed by atoms with E-state index in [1.807, 2.05) is 11.8 Å². The van der Waals surface area contributed by atoms with Crippen LogP contribution in [0.2, 0.25) is 0 Å². The molecule has 0 unspecified atom stereocenters. The summed E-state index contributed by atoms with van der Waals surface area (Å²) >= 11 is 0. The van der Waals surface area contributed by atoms with Crippen LogP contribution in [0.3, 0.4) is 0 Å². The van der Waals surface area contributed by atoms with E-state index in [4.69, 9.17) is 4.74 Å². The number of piperidine rings is 2. The number of hydrogen-bond donors (Lipinski definition) is 1. The van der Waals surface area contributed by atoms with Crippen molar-refractivity contribution in [2.24, 2.45) is 11.8 Å². The first kappa shape index (κ1) is 10.7. The van der Waals surface area contributed by atoms with Crippen LogP contribution in [0, 0.1) is 11.8 Å². The van der Waals surface area contributed by atoms with Crippen LogP contribution in [0.25, 0.3) is 0 Å². The molecular weight excluding hydrogens is 192 g/mol. The summed E-state index contributed by atoms with van der Waals surface area (Å²) in [7, 11) is 0. The topological polar surface area (TPSA) is 41.6 Å². The zero-order valence-corrected chi connectivity index (χ0v) is 9.37. The van der Waals surface area contributed by atoms with Crippen molar-refractivity contribution in [2.75, 3.05) is 32.8 Å². The largest absolute Gasteiger partial charge is 0.449 e. The minimum Gasteiger partial charge on any atom is -0.449 e. The molecular formula is C11H20N2O2. The van der Waals surface area contributed by atoms with Gasteiger partial charge >= 0.3 is 6.09 Å². The molecule has 2 aliphatic rings. The maximum absolute atomic E-state index is 11.7. The Kier molecular flexibility index (Phi) is 3.46. The fraction of sp³-hybridized carbons (Fsp3) is 0.909. The molecule has 0 spiro atoms. The maximum Gasteiger partial charge on any atom is 0.409 e. The van der Waals surface area contributed by atoms with Crippen molar-refractivity contribution in [1.82, 2.24) is 10.2 Å². The predicted molar refractivity (Wildman–Crippen MR) is 57.7 cm³/mol. The van der Waals surface area contributed by atoms with Crippen molar-refractivity contribution in [2.45, 2.75) is 19.8 Å². The van der Waals surface area contributed by atoms with Crippen molar-refractivity contribution in [1.29, 1.82) is 0 Å². The Labute approximate surface area is 91.0 Å². The van der Waals surface area contributed by atoms with Gasteiger partial charge in [-0.05, 0) is 37.8 Å². The quantitative estimate of drug-likeness (QED) is 0.744. The van der Waals surface area contributed by atoms with Gasteiger partial charge in [-0.1, -0.05) is 6.92 Å². The standard InChI is InChI=1S/C11H20N2O2/c1-2-3-15-11(14)13-7-9-4-10(8-13)6-12-5-9/h9-10,12H,2-8H2,1H3/t9-,10+. The third kappa shape index (κ3) is 2.62. The fourth-order valence-corrected chi connectivity index (χ4v) is 2.54. The van der Waals surface area contributed by atoms with E-state index in [0.717, 1.165) is 32.6 Å². The van der Waals surface area contributed by atoms with E-state index >= 15 is 0 Å². The van der Waals surface area contributed by atoms with Crippen LogP contribution in [0.4, 0.5) is 4.79 Å². The summed E-state index contributed by atoms with van der Waals surface area (Å²) < 4.78 is 5.16. The number of hydrogen-bond acceptors (Lipinski definition) is 3. The molecule has 0 aromatic rings.